The highest BCUT2D eigenvalue weighted by atomic mass is 79.9. The van der Waals surface area contributed by atoms with Gasteiger partial charge in [0.25, 0.3) is 5.91 Å². The second kappa shape index (κ2) is 5.87. The smallest absolute Gasteiger partial charge is 0.255 e. The molecular weight excluding hydrogens is 332 g/mol. The van der Waals surface area contributed by atoms with E-state index in [0.717, 1.165) is 23.1 Å². The van der Waals surface area contributed by atoms with Gasteiger partial charge in [-0.3, -0.25) is 4.79 Å². The molecule has 1 heterocycles. The predicted molar refractivity (Wildman–Crippen MR) is 84.0 cm³/mol. The minimum Gasteiger partial charge on any atom is -0.507 e. The van der Waals surface area contributed by atoms with E-state index in [0.29, 0.717) is 6.54 Å². The number of rotatable bonds is 3. The zero-order valence-electron chi connectivity index (χ0n) is 11.3. The summed E-state index contributed by atoms with van der Waals surface area (Å²) < 4.78 is 0.758. The van der Waals surface area contributed by atoms with E-state index in [1.165, 1.54) is 17.2 Å². The summed E-state index contributed by atoms with van der Waals surface area (Å²) in [5, 5.41) is 15.9. The highest BCUT2D eigenvalue weighted by Gasteiger charge is 2.13. The lowest BCUT2D eigenvalue weighted by Crippen LogP contribution is -2.23. The lowest BCUT2D eigenvalue weighted by atomic mass is 10.1. The maximum absolute atomic E-state index is 12.1. The molecule has 0 saturated heterocycles. The van der Waals surface area contributed by atoms with Crippen LogP contribution in [-0.2, 0) is 19.6 Å². The van der Waals surface area contributed by atoms with Crippen molar-refractivity contribution in [3.8, 4) is 5.75 Å². The van der Waals surface area contributed by atoms with Gasteiger partial charge in [0, 0.05) is 24.1 Å². The Bertz CT molecular complexity index is 701. The van der Waals surface area contributed by atoms with Crippen LogP contribution in [0.25, 0.3) is 0 Å². The first-order valence-corrected chi connectivity index (χ1v) is 7.51. The van der Waals surface area contributed by atoms with Gasteiger partial charge in [-0.25, -0.2) is 0 Å². The lowest BCUT2D eigenvalue weighted by Gasteiger charge is -2.08. The minimum absolute atomic E-state index is 0.0196. The molecule has 2 aromatic rings. The summed E-state index contributed by atoms with van der Waals surface area (Å²) in [6.45, 7) is 2.23. The van der Waals surface area contributed by atoms with E-state index in [2.05, 4.69) is 38.7 Å². The van der Waals surface area contributed by atoms with Crippen LogP contribution >= 0.6 is 15.9 Å². The molecule has 0 aliphatic carbocycles. The summed E-state index contributed by atoms with van der Waals surface area (Å²) in [6, 6.07) is 11.0. The van der Waals surface area contributed by atoms with Gasteiger partial charge in [0.05, 0.1) is 5.56 Å². The van der Waals surface area contributed by atoms with Gasteiger partial charge in [0.15, 0.2) is 0 Å². The quantitative estimate of drug-likeness (QED) is 0.800. The molecule has 0 bridgehead atoms. The Morgan fingerprint density at radius 1 is 1.19 bits per heavy atom. The van der Waals surface area contributed by atoms with Crippen LogP contribution in [0.2, 0.25) is 0 Å². The standard InChI is InChI=1S/C16H15BrN2O2/c17-13-3-4-15(20)14(6-13)16(21)19-7-10-1-2-11-8-18-9-12(11)5-10/h1-6,18,20H,7-9H2,(H,19,21). The third-order valence-corrected chi connectivity index (χ3v) is 4.05. The Hall–Kier alpha value is -1.85. The van der Waals surface area contributed by atoms with Crippen molar-refractivity contribution in [1.82, 2.24) is 10.6 Å². The maximum Gasteiger partial charge on any atom is 0.255 e. The van der Waals surface area contributed by atoms with Crippen molar-refractivity contribution in [3.63, 3.8) is 0 Å². The molecule has 5 heteroatoms. The van der Waals surface area contributed by atoms with E-state index in [9.17, 15) is 9.90 Å². The number of nitrogens with one attached hydrogen (secondary N) is 2. The van der Waals surface area contributed by atoms with Gasteiger partial charge in [-0.05, 0) is 34.9 Å². The van der Waals surface area contributed by atoms with Gasteiger partial charge in [-0.2, -0.15) is 0 Å². The van der Waals surface area contributed by atoms with E-state index in [4.69, 9.17) is 0 Å². The van der Waals surface area contributed by atoms with Crippen LogP contribution in [0.3, 0.4) is 0 Å². The SMILES string of the molecule is O=C(NCc1ccc2c(c1)CNC2)c1cc(Br)ccc1O. The molecule has 0 aromatic heterocycles. The topological polar surface area (TPSA) is 61.4 Å². The number of fused-ring (bicyclic) bond motifs is 1. The Labute approximate surface area is 131 Å². The molecule has 0 radical (unpaired) electrons. The number of hydrogen-bond acceptors (Lipinski definition) is 3. The molecule has 0 unspecified atom stereocenters. The molecule has 0 spiro atoms. The lowest BCUT2D eigenvalue weighted by molar-refractivity contribution is 0.0948. The van der Waals surface area contributed by atoms with Crippen molar-refractivity contribution in [2.24, 2.45) is 0 Å². The molecular formula is C16H15BrN2O2. The number of amides is 1. The number of carbonyl (C=O) groups excluding carboxylic acids is 1. The second-order valence-electron chi connectivity index (χ2n) is 5.05. The number of aromatic hydroxyl groups is 1. The average molecular weight is 347 g/mol. The number of hydrogen-bond donors (Lipinski definition) is 3. The van der Waals surface area contributed by atoms with Crippen molar-refractivity contribution in [2.75, 3.05) is 0 Å². The summed E-state index contributed by atoms with van der Waals surface area (Å²) in [6.07, 6.45) is 0. The van der Waals surface area contributed by atoms with Crippen LogP contribution in [0.4, 0.5) is 0 Å². The van der Waals surface area contributed by atoms with Crippen LogP contribution in [0.1, 0.15) is 27.0 Å². The molecule has 0 fully saturated rings. The molecule has 3 rings (SSSR count). The Balaban J connectivity index is 1.70. The molecule has 3 N–H and O–H groups in total. The summed E-state index contributed by atoms with van der Waals surface area (Å²) in [5.41, 5.74) is 3.93. The maximum atomic E-state index is 12.1. The van der Waals surface area contributed by atoms with Crippen LogP contribution in [-0.4, -0.2) is 11.0 Å². The van der Waals surface area contributed by atoms with E-state index in [1.54, 1.807) is 12.1 Å². The van der Waals surface area contributed by atoms with Crippen molar-refractivity contribution in [2.45, 2.75) is 19.6 Å². The average Bonchev–Trinajstić information content (AvgIpc) is 2.94. The first-order valence-electron chi connectivity index (χ1n) is 6.71. The zero-order valence-corrected chi connectivity index (χ0v) is 12.9. The highest BCUT2D eigenvalue weighted by Crippen LogP contribution is 2.22. The molecule has 1 aliphatic heterocycles. The van der Waals surface area contributed by atoms with E-state index < -0.39 is 0 Å². The van der Waals surface area contributed by atoms with Crippen LogP contribution in [0.15, 0.2) is 40.9 Å². The molecule has 0 saturated carbocycles. The second-order valence-corrected chi connectivity index (χ2v) is 5.97. The summed E-state index contributed by atoms with van der Waals surface area (Å²) >= 11 is 3.30. The zero-order chi connectivity index (χ0) is 14.8. The van der Waals surface area contributed by atoms with Crippen molar-refractivity contribution in [3.05, 3.63) is 63.1 Å². The summed E-state index contributed by atoms with van der Waals surface area (Å²) in [7, 11) is 0. The fraction of sp³-hybridized carbons (Fsp3) is 0.188. The highest BCUT2D eigenvalue weighted by molar-refractivity contribution is 9.10. The normalized spacial score (nSPS) is 13.0. The van der Waals surface area contributed by atoms with Crippen LogP contribution < -0.4 is 10.6 Å². The molecule has 108 valence electrons. The largest absolute Gasteiger partial charge is 0.507 e. The monoisotopic (exact) mass is 346 g/mol. The van der Waals surface area contributed by atoms with Gasteiger partial charge < -0.3 is 15.7 Å². The molecule has 1 amide bonds. The van der Waals surface area contributed by atoms with E-state index in [1.807, 2.05) is 6.07 Å². The van der Waals surface area contributed by atoms with Gasteiger partial charge in [0.2, 0.25) is 0 Å². The minimum atomic E-state index is -0.285. The molecule has 4 nitrogen and oxygen atoms in total. The van der Waals surface area contributed by atoms with Crippen LogP contribution in [0, 0.1) is 0 Å². The first-order chi connectivity index (χ1) is 10.1. The fourth-order valence-electron chi connectivity index (χ4n) is 2.43. The molecule has 2 aromatic carbocycles. The van der Waals surface area contributed by atoms with Gasteiger partial charge in [0.1, 0.15) is 5.75 Å². The Morgan fingerprint density at radius 2 is 2.00 bits per heavy atom. The van der Waals surface area contributed by atoms with Gasteiger partial charge in [-0.1, -0.05) is 34.1 Å². The van der Waals surface area contributed by atoms with Crippen molar-refractivity contribution < 1.29 is 9.90 Å². The Kier molecular flexibility index (Phi) is 3.94. The molecule has 21 heavy (non-hydrogen) atoms. The summed E-state index contributed by atoms with van der Waals surface area (Å²) in [4.78, 5) is 12.1. The first kappa shape index (κ1) is 14.1. The van der Waals surface area contributed by atoms with Crippen molar-refractivity contribution >= 4 is 21.8 Å². The van der Waals surface area contributed by atoms with Gasteiger partial charge in [-0.15, -0.1) is 0 Å². The molecule has 0 atom stereocenters. The van der Waals surface area contributed by atoms with Gasteiger partial charge >= 0.3 is 0 Å². The van der Waals surface area contributed by atoms with E-state index >= 15 is 0 Å². The Morgan fingerprint density at radius 3 is 2.86 bits per heavy atom. The third-order valence-electron chi connectivity index (χ3n) is 3.56. The molecule has 1 aliphatic rings. The van der Waals surface area contributed by atoms with E-state index in [-0.39, 0.29) is 17.2 Å². The predicted octanol–water partition coefficient (Wildman–Crippen LogP) is 2.69. The van der Waals surface area contributed by atoms with Crippen LogP contribution in [0.5, 0.6) is 5.75 Å². The van der Waals surface area contributed by atoms with Crippen molar-refractivity contribution in [1.29, 1.82) is 0 Å². The number of phenolic OH excluding ortho intramolecular Hbond substituents is 1. The number of carbonyl (C=O) groups is 1. The number of benzene rings is 2. The third kappa shape index (κ3) is 3.09. The fourth-order valence-corrected chi connectivity index (χ4v) is 2.79. The number of halogens is 1. The number of phenols is 1. The summed E-state index contributed by atoms with van der Waals surface area (Å²) in [5.74, 6) is -0.304.